The summed E-state index contributed by atoms with van der Waals surface area (Å²) in [6.07, 6.45) is -0.350. The highest BCUT2D eigenvalue weighted by atomic mass is 16.3. The molecule has 4 nitrogen and oxygen atoms in total. The number of benzene rings is 1. The molecule has 4 heteroatoms. The maximum absolute atomic E-state index is 11.0. The summed E-state index contributed by atoms with van der Waals surface area (Å²) >= 11 is 0. The Bertz CT molecular complexity index is 385. The van der Waals surface area contributed by atoms with Crippen molar-refractivity contribution in [2.75, 3.05) is 6.54 Å². The first-order valence-corrected chi connectivity index (χ1v) is 6.21. The van der Waals surface area contributed by atoms with Crippen LogP contribution in [-0.4, -0.2) is 34.6 Å². The van der Waals surface area contributed by atoms with Crippen LogP contribution in [0.3, 0.4) is 0 Å². The third kappa shape index (κ3) is 4.47. The van der Waals surface area contributed by atoms with Gasteiger partial charge in [0, 0.05) is 24.7 Å². The third-order valence-corrected chi connectivity index (χ3v) is 2.85. The minimum absolute atomic E-state index is 0.350. The van der Waals surface area contributed by atoms with Crippen molar-refractivity contribution >= 4 is 5.91 Å². The van der Waals surface area contributed by atoms with Gasteiger partial charge in [-0.15, -0.1) is 0 Å². The second-order valence-electron chi connectivity index (χ2n) is 4.93. The minimum Gasteiger partial charge on any atom is -0.392 e. The highest BCUT2D eigenvalue weighted by Crippen LogP contribution is 2.10. The van der Waals surface area contributed by atoms with E-state index in [1.165, 1.54) is 0 Å². The van der Waals surface area contributed by atoms with Crippen molar-refractivity contribution in [3.05, 3.63) is 35.4 Å². The number of primary amides is 1. The van der Waals surface area contributed by atoms with Gasteiger partial charge in [0.15, 0.2) is 0 Å². The molecule has 0 spiro atoms. The van der Waals surface area contributed by atoms with Gasteiger partial charge in [-0.3, -0.25) is 9.69 Å². The van der Waals surface area contributed by atoms with E-state index in [0.29, 0.717) is 18.2 Å². The smallest absolute Gasteiger partial charge is 0.248 e. The molecule has 1 rings (SSSR count). The molecule has 0 aliphatic heterocycles. The number of hydrogen-bond acceptors (Lipinski definition) is 3. The van der Waals surface area contributed by atoms with Crippen molar-refractivity contribution in [3.63, 3.8) is 0 Å². The maximum Gasteiger partial charge on any atom is 0.248 e. The molecule has 1 amide bonds. The number of carbonyl (C=O) groups is 1. The Hall–Kier alpha value is -1.39. The number of rotatable bonds is 6. The average Bonchev–Trinajstić information content (AvgIpc) is 2.28. The standard InChI is InChI=1S/C14H22N2O2/c1-10(2)16(8-11(3)17)9-12-4-6-13(7-5-12)14(15)18/h4-7,10-11,17H,8-9H2,1-3H3,(H2,15,18). The van der Waals surface area contributed by atoms with Crippen molar-refractivity contribution in [2.24, 2.45) is 5.73 Å². The van der Waals surface area contributed by atoms with E-state index in [1.807, 2.05) is 12.1 Å². The average molecular weight is 250 g/mol. The van der Waals surface area contributed by atoms with Gasteiger partial charge in [-0.25, -0.2) is 0 Å². The number of hydrogen-bond donors (Lipinski definition) is 2. The van der Waals surface area contributed by atoms with E-state index >= 15 is 0 Å². The van der Waals surface area contributed by atoms with E-state index in [9.17, 15) is 9.90 Å². The van der Waals surface area contributed by atoms with Gasteiger partial charge < -0.3 is 10.8 Å². The number of aliphatic hydroxyl groups excluding tert-OH is 1. The lowest BCUT2D eigenvalue weighted by molar-refractivity contribution is 0.1000. The molecule has 18 heavy (non-hydrogen) atoms. The number of carbonyl (C=O) groups excluding carboxylic acids is 1. The molecule has 0 bridgehead atoms. The fourth-order valence-electron chi connectivity index (χ4n) is 1.81. The third-order valence-electron chi connectivity index (χ3n) is 2.85. The van der Waals surface area contributed by atoms with Crippen LogP contribution in [0, 0.1) is 0 Å². The van der Waals surface area contributed by atoms with Crippen LogP contribution in [0.4, 0.5) is 0 Å². The zero-order valence-electron chi connectivity index (χ0n) is 11.3. The molecular formula is C14H22N2O2. The Morgan fingerprint density at radius 3 is 2.22 bits per heavy atom. The molecule has 3 N–H and O–H groups in total. The molecule has 1 atom stereocenters. The van der Waals surface area contributed by atoms with Crippen molar-refractivity contribution < 1.29 is 9.90 Å². The lowest BCUT2D eigenvalue weighted by atomic mass is 10.1. The number of aliphatic hydroxyl groups is 1. The first kappa shape index (κ1) is 14.7. The number of amides is 1. The molecule has 0 aromatic heterocycles. The molecule has 0 fully saturated rings. The SMILES string of the molecule is CC(O)CN(Cc1ccc(C(N)=O)cc1)C(C)C. The van der Waals surface area contributed by atoms with Crippen LogP contribution < -0.4 is 5.73 Å². The fourth-order valence-corrected chi connectivity index (χ4v) is 1.81. The van der Waals surface area contributed by atoms with Crippen molar-refractivity contribution in [2.45, 2.75) is 39.5 Å². The predicted molar refractivity (Wildman–Crippen MR) is 72.2 cm³/mol. The maximum atomic E-state index is 11.0. The van der Waals surface area contributed by atoms with Gasteiger partial charge in [-0.1, -0.05) is 12.1 Å². The summed E-state index contributed by atoms with van der Waals surface area (Å²) < 4.78 is 0. The van der Waals surface area contributed by atoms with Gasteiger partial charge in [-0.2, -0.15) is 0 Å². The summed E-state index contributed by atoms with van der Waals surface area (Å²) in [5, 5.41) is 9.46. The zero-order chi connectivity index (χ0) is 13.7. The minimum atomic E-state index is -0.411. The monoisotopic (exact) mass is 250 g/mol. The Labute approximate surface area is 108 Å². The Kier molecular flexibility index (Phi) is 5.31. The molecule has 0 saturated carbocycles. The number of nitrogens with zero attached hydrogens (tertiary/aromatic N) is 1. The van der Waals surface area contributed by atoms with Crippen LogP contribution in [0.1, 0.15) is 36.7 Å². The van der Waals surface area contributed by atoms with E-state index in [4.69, 9.17) is 5.73 Å². The summed E-state index contributed by atoms with van der Waals surface area (Å²) in [4.78, 5) is 13.2. The summed E-state index contributed by atoms with van der Waals surface area (Å²) in [6.45, 7) is 7.36. The van der Waals surface area contributed by atoms with Crippen molar-refractivity contribution in [1.82, 2.24) is 4.90 Å². The van der Waals surface area contributed by atoms with Crippen LogP contribution in [0.5, 0.6) is 0 Å². The lowest BCUT2D eigenvalue weighted by Crippen LogP contribution is -2.36. The van der Waals surface area contributed by atoms with Crippen molar-refractivity contribution in [3.8, 4) is 0 Å². The van der Waals surface area contributed by atoms with Crippen molar-refractivity contribution in [1.29, 1.82) is 0 Å². The predicted octanol–water partition coefficient (Wildman–Crippen LogP) is 1.38. The van der Waals surface area contributed by atoms with E-state index in [2.05, 4.69) is 18.7 Å². The first-order valence-electron chi connectivity index (χ1n) is 6.21. The van der Waals surface area contributed by atoms with Gasteiger partial charge in [0.2, 0.25) is 5.91 Å². The molecule has 0 radical (unpaired) electrons. The lowest BCUT2D eigenvalue weighted by Gasteiger charge is -2.27. The molecule has 1 aromatic carbocycles. The Morgan fingerprint density at radius 2 is 1.83 bits per heavy atom. The Morgan fingerprint density at radius 1 is 1.28 bits per heavy atom. The molecule has 0 heterocycles. The number of nitrogens with two attached hydrogens (primary N) is 1. The molecule has 0 aliphatic carbocycles. The highest BCUT2D eigenvalue weighted by Gasteiger charge is 2.12. The second kappa shape index (κ2) is 6.52. The normalized spacial score (nSPS) is 13.0. The largest absolute Gasteiger partial charge is 0.392 e. The summed E-state index contributed by atoms with van der Waals surface area (Å²) in [6, 6.07) is 7.63. The van der Waals surface area contributed by atoms with Crippen LogP contribution in [0.2, 0.25) is 0 Å². The highest BCUT2D eigenvalue weighted by molar-refractivity contribution is 5.92. The van der Waals surface area contributed by atoms with Crippen LogP contribution >= 0.6 is 0 Å². The van der Waals surface area contributed by atoms with E-state index < -0.39 is 5.91 Å². The van der Waals surface area contributed by atoms with Gasteiger partial charge >= 0.3 is 0 Å². The summed E-state index contributed by atoms with van der Waals surface area (Å²) in [5.41, 5.74) is 6.82. The quantitative estimate of drug-likeness (QED) is 0.801. The van der Waals surface area contributed by atoms with Crippen LogP contribution in [0.25, 0.3) is 0 Å². The topological polar surface area (TPSA) is 66.6 Å². The summed E-state index contributed by atoms with van der Waals surface area (Å²) in [5.74, 6) is -0.411. The molecule has 1 unspecified atom stereocenters. The molecular weight excluding hydrogens is 228 g/mol. The molecule has 100 valence electrons. The molecule has 0 saturated heterocycles. The Balaban J connectivity index is 2.72. The van der Waals surface area contributed by atoms with Gasteiger partial charge in [0.25, 0.3) is 0 Å². The first-order chi connectivity index (χ1) is 8.40. The molecule has 0 aliphatic rings. The van der Waals surface area contributed by atoms with Crippen LogP contribution in [0.15, 0.2) is 24.3 Å². The van der Waals surface area contributed by atoms with Gasteiger partial charge in [-0.05, 0) is 38.5 Å². The van der Waals surface area contributed by atoms with Gasteiger partial charge in [0.05, 0.1) is 6.10 Å². The van der Waals surface area contributed by atoms with Gasteiger partial charge in [0.1, 0.15) is 0 Å². The van der Waals surface area contributed by atoms with E-state index in [-0.39, 0.29) is 6.10 Å². The fraction of sp³-hybridized carbons (Fsp3) is 0.500. The molecule has 1 aromatic rings. The van der Waals surface area contributed by atoms with E-state index in [0.717, 1.165) is 12.1 Å². The second-order valence-corrected chi connectivity index (χ2v) is 4.93. The van der Waals surface area contributed by atoms with Crippen LogP contribution in [-0.2, 0) is 6.54 Å². The van der Waals surface area contributed by atoms with E-state index in [1.54, 1.807) is 19.1 Å². The summed E-state index contributed by atoms with van der Waals surface area (Å²) in [7, 11) is 0. The zero-order valence-corrected chi connectivity index (χ0v) is 11.3.